The molecule has 1 heterocycles. The minimum absolute atomic E-state index is 0. The molecule has 0 aliphatic carbocycles. The molecule has 0 aromatic heterocycles. The summed E-state index contributed by atoms with van der Waals surface area (Å²) in [6, 6.07) is 5.30. The van der Waals surface area contributed by atoms with E-state index in [0.29, 0.717) is 23.0 Å². The lowest BCUT2D eigenvalue weighted by atomic mass is 9.96. The SMILES string of the molecule is Cl.O=C(NCCC1CCCNC1)c1ccc(Br)cc1Cl. The predicted octanol–water partition coefficient (Wildman–Crippen LogP) is 3.64. The second kappa shape index (κ2) is 8.88. The van der Waals surface area contributed by atoms with Crippen molar-refractivity contribution in [1.82, 2.24) is 10.6 Å². The molecular weight excluding hydrogens is 363 g/mol. The molecule has 1 amide bonds. The van der Waals surface area contributed by atoms with Crippen LogP contribution in [0.15, 0.2) is 22.7 Å². The second-order valence-electron chi connectivity index (χ2n) is 4.88. The van der Waals surface area contributed by atoms with E-state index in [9.17, 15) is 4.79 Å². The number of hydrogen-bond donors (Lipinski definition) is 2. The van der Waals surface area contributed by atoms with Crippen molar-refractivity contribution in [3.63, 3.8) is 0 Å². The highest BCUT2D eigenvalue weighted by Gasteiger charge is 2.14. The minimum atomic E-state index is -0.0960. The standard InChI is InChI=1S/C14H18BrClN2O.ClH/c15-11-3-4-12(13(16)8-11)14(19)18-7-5-10-2-1-6-17-9-10;/h3-4,8,10,17H,1-2,5-7,9H2,(H,18,19);1H. The van der Waals surface area contributed by atoms with Crippen molar-refractivity contribution in [2.75, 3.05) is 19.6 Å². The van der Waals surface area contributed by atoms with Crippen LogP contribution in [-0.4, -0.2) is 25.5 Å². The van der Waals surface area contributed by atoms with Crippen LogP contribution in [0.4, 0.5) is 0 Å². The molecule has 20 heavy (non-hydrogen) atoms. The number of nitrogens with one attached hydrogen (secondary N) is 2. The van der Waals surface area contributed by atoms with Gasteiger partial charge in [0.2, 0.25) is 0 Å². The molecule has 1 aliphatic heterocycles. The van der Waals surface area contributed by atoms with Crippen LogP contribution in [0.1, 0.15) is 29.6 Å². The average molecular weight is 382 g/mol. The Balaban J connectivity index is 0.00000200. The number of benzene rings is 1. The molecule has 3 nitrogen and oxygen atoms in total. The monoisotopic (exact) mass is 380 g/mol. The van der Waals surface area contributed by atoms with E-state index in [2.05, 4.69) is 26.6 Å². The first-order valence-electron chi connectivity index (χ1n) is 6.61. The predicted molar refractivity (Wildman–Crippen MR) is 88.9 cm³/mol. The molecule has 1 unspecified atom stereocenters. The van der Waals surface area contributed by atoms with E-state index >= 15 is 0 Å². The zero-order valence-corrected chi connectivity index (χ0v) is 14.3. The molecule has 0 saturated carbocycles. The van der Waals surface area contributed by atoms with Crippen molar-refractivity contribution < 1.29 is 4.79 Å². The largest absolute Gasteiger partial charge is 0.352 e. The van der Waals surface area contributed by atoms with Gasteiger partial charge in [-0.1, -0.05) is 27.5 Å². The van der Waals surface area contributed by atoms with Crippen molar-refractivity contribution in [3.8, 4) is 0 Å². The number of carbonyl (C=O) groups is 1. The van der Waals surface area contributed by atoms with Gasteiger partial charge in [0.05, 0.1) is 10.6 Å². The molecule has 2 rings (SSSR count). The van der Waals surface area contributed by atoms with Crippen molar-refractivity contribution in [1.29, 1.82) is 0 Å². The lowest BCUT2D eigenvalue weighted by Gasteiger charge is -2.22. The highest BCUT2D eigenvalue weighted by atomic mass is 79.9. The first kappa shape index (κ1) is 17.8. The second-order valence-corrected chi connectivity index (χ2v) is 6.20. The number of carbonyl (C=O) groups excluding carboxylic acids is 1. The summed E-state index contributed by atoms with van der Waals surface area (Å²) < 4.78 is 0.877. The van der Waals surface area contributed by atoms with E-state index < -0.39 is 0 Å². The van der Waals surface area contributed by atoms with Crippen LogP contribution in [0.25, 0.3) is 0 Å². The summed E-state index contributed by atoms with van der Waals surface area (Å²) in [5.41, 5.74) is 0.534. The smallest absolute Gasteiger partial charge is 0.252 e. The normalized spacial score (nSPS) is 18.2. The van der Waals surface area contributed by atoms with Gasteiger partial charge in [-0.15, -0.1) is 12.4 Å². The summed E-state index contributed by atoms with van der Waals surface area (Å²) in [6.45, 7) is 2.89. The number of amides is 1. The van der Waals surface area contributed by atoms with Crippen LogP contribution >= 0.6 is 39.9 Å². The van der Waals surface area contributed by atoms with E-state index in [0.717, 1.165) is 24.0 Å². The fourth-order valence-corrected chi connectivity index (χ4v) is 3.09. The van der Waals surface area contributed by atoms with E-state index in [1.807, 2.05) is 6.07 Å². The molecule has 112 valence electrons. The zero-order valence-electron chi connectivity index (χ0n) is 11.1. The van der Waals surface area contributed by atoms with E-state index in [4.69, 9.17) is 11.6 Å². The fraction of sp³-hybridized carbons (Fsp3) is 0.500. The number of rotatable bonds is 4. The third kappa shape index (κ3) is 5.24. The van der Waals surface area contributed by atoms with Gasteiger partial charge in [-0.05, 0) is 56.5 Å². The molecule has 1 atom stereocenters. The van der Waals surface area contributed by atoms with E-state index in [-0.39, 0.29) is 18.3 Å². The topological polar surface area (TPSA) is 41.1 Å². The Hall–Kier alpha value is -0.290. The van der Waals surface area contributed by atoms with Gasteiger partial charge >= 0.3 is 0 Å². The highest BCUT2D eigenvalue weighted by Crippen LogP contribution is 2.21. The van der Waals surface area contributed by atoms with Crippen LogP contribution in [-0.2, 0) is 0 Å². The number of halogens is 3. The lowest BCUT2D eigenvalue weighted by molar-refractivity contribution is 0.0951. The molecule has 1 aromatic carbocycles. The summed E-state index contributed by atoms with van der Waals surface area (Å²) in [5, 5.41) is 6.80. The first-order valence-corrected chi connectivity index (χ1v) is 7.78. The van der Waals surface area contributed by atoms with Gasteiger partial charge in [-0.25, -0.2) is 0 Å². The Kier molecular flexibility index (Phi) is 7.88. The summed E-state index contributed by atoms with van der Waals surface area (Å²) in [6.07, 6.45) is 3.51. The quantitative estimate of drug-likeness (QED) is 0.835. The molecule has 1 fully saturated rings. The molecular formula is C14H19BrCl2N2O. The van der Waals surface area contributed by atoms with Crippen LogP contribution in [0, 0.1) is 5.92 Å². The van der Waals surface area contributed by atoms with Gasteiger partial charge in [0.1, 0.15) is 0 Å². The maximum atomic E-state index is 12.0. The first-order chi connectivity index (χ1) is 9.16. The van der Waals surface area contributed by atoms with E-state index in [1.165, 1.54) is 12.8 Å². The van der Waals surface area contributed by atoms with Crippen LogP contribution in [0.3, 0.4) is 0 Å². The number of piperidine rings is 1. The molecule has 1 aromatic rings. The van der Waals surface area contributed by atoms with Crippen molar-refractivity contribution in [3.05, 3.63) is 33.3 Å². The van der Waals surface area contributed by atoms with Crippen molar-refractivity contribution >= 4 is 45.8 Å². The Morgan fingerprint density at radius 3 is 2.95 bits per heavy atom. The third-order valence-electron chi connectivity index (χ3n) is 3.41. The van der Waals surface area contributed by atoms with Gasteiger partial charge in [-0.2, -0.15) is 0 Å². The van der Waals surface area contributed by atoms with Crippen LogP contribution < -0.4 is 10.6 Å². The molecule has 2 N–H and O–H groups in total. The summed E-state index contributed by atoms with van der Waals surface area (Å²) in [5.74, 6) is 0.579. The van der Waals surface area contributed by atoms with E-state index in [1.54, 1.807) is 12.1 Å². The summed E-state index contributed by atoms with van der Waals surface area (Å²) >= 11 is 9.38. The molecule has 0 radical (unpaired) electrons. The molecule has 0 spiro atoms. The fourth-order valence-electron chi connectivity index (χ4n) is 2.33. The average Bonchev–Trinajstić information content (AvgIpc) is 2.39. The number of hydrogen-bond acceptors (Lipinski definition) is 2. The van der Waals surface area contributed by atoms with Crippen molar-refractivity contribution in [2.24, 2.45) is 5.92 Å². The van der Waals surface area contributed by atoms with Gasteiger partial charge in [0, 0.05) is 11.0 Å². The highest BCUT2D eigenvalue weighted by molar-refractivity contribution is 9.10. The minimum Gasteiger partial charge on any atom is -0.352 e. The molecule has 6 heteroatoms. The lowest BCUT2D eigenvalue weighted by Crippen LogP contribution is -2.33. The molecule has 1 aliphatic rings. The Morgan fingerprint density at radius 1 is 1.50 bits per heavy atom. The van der Waals surface area contributed by atoms with Crippen LogP contribution in [0.2, 0.25) is 5.02 Å². The Morgan fingerprint density at radius 2 is 2.30 bits per heavy atom. The van der Waals surface area contributed by atoms with Gasteiger partial charge in [0.15, 0.2) is 0 Å². The zero-order chi connectivity index (χ0) is 13.7. The van der Waals surface area contributed by atoms with Gasteiger partial charge in [-0.3, -0.25) is 4.79 Å². The Bertz CT molecular complexity index is 451. The van der Waals surface area contributed by atoms with Crippen molar-refractivity contribution in [2.45, 2.75) is 19.3 Å². The maximum absolute atomic E-state index is 12.0. The molecule has 1 saturated heterocycles. The van der Waals surface area contributed by atoms with Gasteiger partial charge in [0.25, 0.3) is 5.91 Å². The summed E-state index contributed by atoms with van der Waals surface area (Å²) in [4.78, 5) is 12.0. The summed E-state index contributed by atoms with van der Waals surface area (Å²) in [7, 11) is 0. The molecule has 0 bridgehead atoms. The van der Waals surface area contributed by atoms with Crippen LogP contribution in [0.5, 0.6) is 0 Å². The Labute approximate surface area is 139 Å². The van der Waals surface area contributed by atoms with Gasteiger partial charge < -0.3 is 10.6 Å². The third-order valence-corrected chi connectivity index (χ3v) is 4.22. The maximum Gasteiger partial charge on any atom is 0.252 e.